The van der Waals surface area contributed by atoms with Crippen LogP contribution in [-0.4, -0.2) is 0 Å². The third-order valence-corrected chi connectivity index (χ3v) is 3.49. The van der Waals surface area contributed by atoms with Crippen molar-refractivity contribution >= 4 is 0 Å². The van der Waals surface area contributed by atoms with Crippen LogP contribution in [0.2, 0.25) is 0 Å². The minimum atomic E-state index is 0.00398. The Balaban J connectivity index is 3.00. The van der Waals surface area contributed by atoms with E-state index < -0.39 is 0 Å². The largest absolute Gasteiger partial charge is 0.207 e. The van der Waals surface area contributed by atoms with Crippen LogP contribution >= 0.6 is 0 Å². The lowest BCUT2D eigenvalue weighted by Gasteiger charge is -2.14. The fourth-order valence-corrected chi connectivity index (χ4v) is 1.77. The predicted molar refractivity (Wildman–Crippen MR) is 73.4 cm³/mol. The Morgan fingerprint density at radius 1 is 1.18 bits per heavy atom. The van der Waals surface area contributed by atoms with Crippen LogP contribution in [-0.2, 0) is 0 Å². The van der Waals surface area contributed by atoms with E-state index in [1.165, 1.54) is 0 Å². The van der Waals surface area contributed by atoms with Crippen LogP contribution in [0.3, 0.4) is 0 Å². The Labute approximate surface area is 105 Å². The van der Waals surface area contributed by atoms with E-state index in [1.807, 2.05) is 26.8 Å². The second kappa shape index (κ2) is 5.66. The second-order valence-corrected chi connectivity index (χ2v) is 5.76. The highest BCUT2D eigenvalue weighted by atomic mass is 19.1. The number of rotatable bonds is 5. The van der Waals surface area contributed by atoms with Gasteiger partial charge in [0.25, 0.3) is 0 Å². The maximum absolute atomic E-state index is 14.4. The fourth-order valence-electron chi connectivity index (χ4n) is 1.77. The maximum atomic E-state index is 14.4. The Kier molecular flexibility index (Phi) is 4.73. The topological polar surface area (TPSA) is 0 Å². The molecule has 1 heteroatoms. The van der Waals surface area contributed by atoms with Gasteiger partial charge in [0.2, 0.25) is 0 Å². The molecule has 0 aliphatic heterocycles. The molecule has 1 fully saturated rings. The van der Waals surface area contributed by atoms with Crippen molar-refractivity contribution < 1.29 is 4.39 Å². The van der Waals surface area contributed by atoms with Crippen molar-refractivity contribution in [2.75, 3.05) is 0 Å². The van der Waals surface area contributed by atoms with Gasteiger partial charge in [-0.1, -0.05) is 45.9 Å². The monoisotopic (exact) mass is 236 g/mol. The summed E-state index contributed by atoms with van der Waals surface area (Å²) in [6.07, 6.45) is 4.24. The zero-order valence-electron chi connectivity index (χ0n) is 11.8. The smallest absolute Gasteiger partial charge is 0.125 e. The molecule has 0 radical (unpaired) electrons. The van der Waals surface area contributed by atoms with Crippen LogP contribution in [0, 0.1) is 17.8 Å². The second-order valence-electron chi connectivity index (χ2n) is 5.76. The van der Waals surface area contributed by atoms with E-state index in [2.05, 4.69) is 20.4 Å². The van der Waals surface area contributed by atoms with E-state index in [4.69, 9.17) is 0 Å². The molecule has 1 aliphatic carbocycles. The summed E-state index contributed by atoms with van der Waals surface area (Å²) in [6.45, 7) is 14.2. The Morgan fingerprint density at radius 3 is 2.06 bits per heavy atom. The molecule has 0 amide bonds. The first-order chi connectivity index (χ1) is 7.84. The molecule has 0 nitrogen and oxygen atoms in total. The van der Waals surface area contributed by atoms with Crippen LogP contribution in [0.25, 0.3) is 0 Å². The highest BCUT2D eigenvalue weighted by Crippen LogP contribution is 2.40. The zero-order chi connectivity index (χ0) is 13.2. The quantitative estimate of drug-likeness (QED) is 0.558. The fraction of sp³-hybridized carbons (Fsp3) is 0.625. The van der Waals surface area contributed by atoms with Crippen LogP contribution in [0.5, 0.6) is 0 Å². The summed E-state index contributed by atoms with van der Waals surface area (Å²) in [4.78, 5) is 0. The first-order valence-electron chi connectivity index (χ1n) is 6.61. The first-order valence-corrected chi connectivity index (χ1v) is 6.61. The van der Waals surface area contributed by atoms with E-state index in [0.29, 0.717) is 11.8 Å². The van der Waals surface area contributed by atoms with Crippen molar-refractivity contribution in [3.05, 3.63) is 35.2 Å². The van der Waals surface area contributed by atoms with E-state index in [-0.39, 0.29) is 11.7 Å². The Hall–Kier alpha value is -0.850. The summed E-state index contributed by atoms with van der Waals surface area (Å²) in [5, 5.41) is 0. The van der Waals surface area contributed by atoms with Crippen molar-refractivity contribution in [1.29, 1.82) is 0 Å². The van der Waals surface area contributed by atoms with Crippen molar-refractivity contribution in [3.63, 3.8) is 0 Å². The molecule has 0 aromatic carbocycles. The highest BCUT2D eigenvalue weighted by molar-refractivity contribution is 5.38. The summed E-state index contributed by atoms with van der Waals surface area (Å²) in [5.74, 6) is 1.07. The van der Waals surface area contributed by atoms with Gasteiger partial charge in [0.15, 0.2) is 0 Å². The first kappa shape index (κ1) is 14.2. The molecule has 1 rings (SSSR count). The predicted octanol–water partition coefficient (Wildman–Crippen LogP) is 5.43. The van der Waals surface area contributed by atoms with Crippen LogP contribution in [0.1, 0.15) is 47.5 Å². The van der Waals surface area contributed by atoms with E-state index in [1.54, 1.807) is 0 Å². The zero-order valence-corrected chi connectivity index (χ0v) is 11.8. The summed E-state index contributed by atoms with van der Waals surface area (Å²) in [6, 6.07) is 0. The van der Waals surface area contributed by atoms with Crippen molar-refractivity contribution in [2.24, 2.45) is 17.8 Å². The van der Waals surface area contributed by atoms with Gasteiger partial charge in [-0.3, -0.25) is 0 Å². The summed E-state index contributed by atoms with van der Waals surface area (Å²) in [5.41, 5.74) is 2.75. The van der Waals surface area contributed by atoms with Gasteiger partial charge in [-0.25, -0.2) is 4.39 Å². The molecule has 0 saturated heterocycles. The number of halogens is 1. The van der Waals surface area contributed by atoms with Gasteiger partial charge in [0.1, 0.15) is 5.83 Å². The summed E-state index contributed by atoms with van der Waals surface area (Å²) >= 11 is 0. The molecule has 1 aliphatic rings. The molecule has 0 bridgehead atoms. The average molecular weight is 236 g/mol. The molecule has 0 atom stereocenters. The molecule has 17 heavy (non-hydrogen) atoms. The minimum absolute atomic E-state index is 0.00398. The van der Waals surface area contributed by atoms with E-state index in [9.17, 15) is 4.39 Å². The number of hydrogen-bond donors (Lipinski definition) is 0. The van der Waals surface area contributed by atoms with Crippen LogP contribution < -0.4 is 0 Å². The molecule has 1 saturated carbocycles. The van der Waals surface area contributed by atoms with Gasteiger partial charge in [0, 0.05) is 0 Å². The summed E-state index contributed by atoms with van der Waals surface area (Å²) in [7, 11) is 0. The molecule has 0 aromatic heterocycles. The van der Waals surface area contributed by atoms with Crippen LogP contribution in [0.4, 0.5) is 4.39 Å². The van der Waals surface area contributed by atoms with Gasteiger partial charge < -0.3 is 0 Å². The highest BCUT2D eigenvalue weighted by Gasteiger charge is 2.27. The molecular formula is C16H25F. The Morgan fingerprint density at radius 2 is 1.71 bits per heavy atom. The van der Waals surface area contributed by atoms with E-state index >= 15 is 0 Å². The van der Waals surface area contributed by atoms with Gasteiger partial charge in [-0.2, -0.15) is 0 Å². The molecule has 0 unspecified atom stereocenters. The van der Waals surface area contributed by atoms with Crippen molar-refractivity contribution in [1.82, 2.24) is 0 Å². The molecule has 96 valence electrons. The van der Waals surface area contributed by atoms with Gasteiger partial charge >= 0.3 is 0 Å². The van der Waals surface area contributed by atoms with Crippen molar-refractivity contribution in [2.45, 2.75) is 47.5 Å². The lowest BCUT2D eigenvalue weighted by atomic mass is 9.93. The molecule has 0 spiro atoms. The summed E-state index contributed by atoms with van der Waals surface area (Å²) < 4.78 is 14.4. The van der Waals surface area contributed by atoms with Gasteiger partial charge in [-0.15, -0.1) is 0 Å². The number of hydrogen-bond acceptors (Lipinski definition) is 0. The lowest BCUT2D eigenvalue weighted by molar-refractivity contribution is 0.587. The number of allylic oxidation sites excluding steroid dienone is 5. The molecule has 0 aromatic rings. The normalized spacial score (nSPS) is 18.7. The molecule has 0 heterocycles. The standard InChI is InChI=1S/C16H25F/c1-10(2)12(5)9-15(11(3)4)16(17)13(6)14-7-8-14/h9-11,14H,5,7-8H2,1-4,6H3/b15-9-,16-13-. The van der Waals surface area contributed by atoms with Gasteiger partial charge in [-0.05, 0) is 48.7 Å². The van der Waals surface area contributed by atoms with Crippen LogP contribution in [0.15, 0.2) is 35.2 Å². The van der Waals surface area contributed by atoms with Gasteiger partial charge in [0.05, 0.1) is 0 Å². The average Bonchev–Trinajstić information content (AvgIpc) is 3.06. The van der Waals surface area contributed by atoms with Crippen molar-refractivity contribution in [3.8, 4) is 0 Å². The molecule has 0 N–H and O–H groups in total. The lowest BCUT2D eigenvalue weighted by Crippen LogP contribution is -2.01. The minimum Gasteiger partial charge on any atom is -0.207 e. The van der Waals surface area contributed by atoms with E-state index in [0.717, 1.165) is 29.6 Å². The maximum Gasteiger partial charge on any atom is 0.125 e. The molecular weight excluding hydrogens is 211 g/mol. The Bertz CT molecular complexity index is 352. The third kappa shape index (κ3) is 3.83. The SMILES string of the molecule is C=C(/C=C(\C(F)=C(/C)C1CC1)C(C)C)C(C)C. The third-order valence-electron chi connectivity index (χ3n) is 3.49.